The topological polar surface area (TPSA) is 76.6 Å². The van der Waals surface area contributed by atoms with Crippen molar-refractivity contribution in [3.8, 4) is 11.5 Å². The number of nitrogens with zero attached hydrogens (tertiary/aromatic N) is 3. The van der Waals surface area contributed by atoms with E-state index in [0.717, 1.165) is 65.3 Å². The Hall–Kier alpha value is -2.00. The van der Waals surface area contributed by atoms with E-state index in [4.69, 9.17) is 9.47 Å². The van der Waals surface area contributed by atoms with Crippen LogP contribution in [0.3, 0.4) is 0 Å². The summed E-state index contributed by atoms with van der Waals surface area (Å²) in [5, 5.41) is 12.3. The Bertz CT molecular complexity index is 845. The van der Waals surface area contributed by atoms with Crippen molar-refractivity contribution >= 4 is 34.1 Å². The lowest BCUT2D eigenvalue weighted by Gasteiger charge is -2.25. The molecule has 2 aliphatic rings. The summed E-state index contributed by atoms with van der Waals surface area (Å²) in [5.41, 5.74) is 1.12. The van der Waals surface area contributed by atoms with Crippen LogP contribution in [0.1, 0.15) is 44.2 Å². The highest BCUT2D eigenvalue weighted by Crippen LogP contribution is 2.38. The Kier molecular flexibility index (Phi) is 6.76. The minimum Gasteiger partial charge on any atom is -0.490 e. The molecule has 0 saturated carbocycles. The Morgan fingerprint density at radius 1 is 1.28 bits per heavy atom. The largest absolute Gasteiger partial charge is 0.490 e. The molecule has 1 fully saturated rings. The number of anilines is 1. The van der Waals surface area contributed by atoms with Crippen LogP contribution < -0.4 is 14.8 Å². The second-order valence-corrected chi connectivity index (χ2v) is 9.29. The summed E-state index contributed by atoms with van der Waals surface area (Å²) in [7, 11) is 0. The molecule has 1 aromatic heterocycles. The fourth-order valence-electron chi connectivity index (χ4n) is 3.58. The third-order valence-electron chi connectivity index (χ3n) is 4.98. The number of rotatable bonds is 7. The second-order valence-electron chi connectivity index (χ2n) is 7.09. The number of thioether (sulfide) groups is 1. The van der Waals surface area contributed by atoms with Crippen LogP contribution in [-0.4, -0.2) is 53.1 Å². The van der Waals surface area contributed by atoms with Crippen molar-refractivity contribution in [2.45, 2.75) is 43.0 Å². The van der Waals surface area contributed by atoms with Crippen molar-refractivity contribution in [3.05, 3.63) is 23.8 Å². The standard InChI is InChI=1S/C20H26N4O3S2/c1-2-8-21-19-22-23-20(29-19)28-13-18(25)24-9-3-5-15(24)14-6-7-16-17(12-14)27-11-4-10-26-16/h6-7,12,15H,2-5,8-11,13H2,1H3,(H,21,22)/t15-/m1/s1. The number of nitrogens with one attached hydrogen (secondary N) is 1. The van der Waals surface area contributed by atoms with Crippen molar-refractivity contribution < 1.29 is 14.3 Å². The van der Waals surface area contributed by atoms with Gasteiger partial charge in [-0.2, -0.15) is 0 Å². The van der Waals surface area contributed by atoms with Crippen molar-refractivity contribution in [1.29, 1.82) is 0 Å². The molecule has 29 heavy (non-hydrogen) atoms. The molecule has 4 rings (SSSR count). The SMILES string of the molecule is CCCNc1nnc(SCC(=O)N2CCC[C@@H]2c2ccc3c(c2)OCCCO3)s1. The van der Waals surface area contributed by atoms with Gasteiger partial charge in [-0.15, -0.1) is 10.2 Å². The zero-order chi connectivity index (χ0) is 20.1. The van der Waals surface area contributed by atoms with E-state index in [9.17, 15) is 4.79 Å². The molecular weight excluding hydrogens is 408 g/mol. The molecule has 7 nitrogen and oxygen atoms in total. The summed E-state index contributed by atoms with van der Waals surface area (Å²) in [4.78, 5) is 14.9. The Morgan fingerprint density at radius 3 is 3.00 bits per heavy atom. The van der Waals surface area contributed by atoms with Gasteiger partial charge in [0.2, 0.25) is 11.0 Å². The summed E-state index contributed by atoms with van der Waals surface area (Å²) >= 11 is 2.96. The summed E-state index contributed by atoms with van der Waals surface area (Å²) in [6.07, 6.45) is 3.91. The van der Waals surface area contributed by atoms with Crippen molar-refractivity contribution in [2.24, 2.45) is 0 Å². The molecule has 2 aromatic rings. The van der Waals surface area contributed by atoms with Crippen LogP contribution >= 0.6 is 23.1 Å². The highest BCUT2D eigenvalue weighted by atomic mass is 32.2. The number of hydrogen-bond donors (Lipinski definition) is 1. The van der Waals surface area contributed by atoms with Crippen molar-refractivity contribution in [3.63, 3.8) is 0 Å². The molecule has 156 valence electrons. The average Bonchev–Trinajstić information content (AvgIpc) is 3.35. The molecular formula is C20H26N4O3S2. The number of benzene rings is 1. The number of fused-ring (bicyclic) bond motifs is 1. The highest BCUT2D eigenvalue weighted by molar-refractivity contribution is 8.01. The molecule has 1 N–H and O–H groups in total. The van der Waals surface area contributed by atoms with Gasteiger partial charge < -0.3 is 19.7 Å². The first kappa shape index (κ1) is 20.3. The normalized spacial score (nSPS) is 18.5. The summed E-state index contributed by atoms with van der Waals surface area (Å²) < 4.78 is 12.4. The number of carbonyl (C=O) groups is 1. The first-order chi connectivity index (χ1) is 14.2. The predicted octanol–water partition coefficient (Wildman–Crippen LogP) is 3.98. The predicted molar refractivity (Wildman–Crippen MR) is 115 cm³/mol. The van der Waals surface area contributed by atoms with Crippen LogP contribution in [0.2, 0.25) is 0 Å². The monoisotopic (exact) mass is 434 g/mol. The van der Waals surface area contributed by atoms with Gasteiger partial charge in [-0.3, -0.25) is 4.79 Å². The number of likely N-dealkylation sites (tertiary alicyclic amines) is 1. The van der Waals surface area contributed by atoms with E-state index < -0.39 is 0 Å². The van der Waals surface area contributed by atoms with Gasteiger partial charge in [0.05, 0.1) is 25.0 Å². The molecule has 1 aromatic carbocycles. The molecule has 3 heterocycles. The highest BCUT2D eigenvalue weighted by Gasteiger charge is 2.30. The molecule has 0 radical (unpaired) electrons. The van der Waals surface area contributed by atoms with Crippen LogP contribution in [-0.2, 0) is 4.79 Å². The maximum absolute atomic E-state index is 12.9. The van der Waals surface area contributed by atoms with E-state index in [2.05, 4.69) is 28.5 Å². The second kappa shape index (κ2) is 9.67. The van der Waals surface area contributed by atoms with Gasteiger partial charge in [-0.25, -0.2) is 0 Å². The molecule has 2 aliphatic heterocycles. The van der Waals surface area contributed by atoms with Gasteiger partial charge in [-0.05, 0) is 37.0 Å². The van der Waals surface area contributed by atoms with E-state index in [0.29, 0.717) is 19.0 Å². The van der Waals surface area contributed by atoms with Gasteiger partial charge in [0.15, 0.2) is 15.8 Å². The Balaban J connectivity index is 1.38. The van der Waals surface area contributed by atoms with Crippen LogP contribution in [0.25, 0.3) is 0 Å². The Labute approximate surface area is 179 Å². The van der Waals surface area contributed by atoms with Crippen LogP contribution in [0, 0.1) is 0 Å². The van der Waals surface area contributed by atoms with Crippen molar-refractivity contribution in [1.82, 2.24) is 15.1 Å². The summed E-state index contributed by atoms with van der Waals surface area (Å²) in [6, 6.07) is 6.17. The molecule has 9 heteroatoms. The fourth-order valence-corrected chi connectivity index (χ4v) is 5.24. The number of ether oxygens (including phenoxy) is 2. The van der Waals surface area contributed by atoms with Crippen LogP contribution in [0.4, 0.5) is 5.13 Å². The van der Waals surface area contributed by atoms with Gasteiger partial charge in [-0.1, -0.05) is 36.1 Å². The zero-order valence-electron chi connectivity index (χ0n) is 16.6. The quantitative estimate of drug-likeness (QED) is 0.661. The number of carbonyl (C=O) groups excluding carboxylic acids is 1. The van der Waals surface area contributed by atoms with Gasteiger partial charge in [0.25, 0.3) is 0 Å². The number of amides is 1. The van der Waals surface area contributed by atoms with E-state index in [1.165, 1.54) is 23.1 Å². The maximum atomic E-state index is 12.9. The molecule has 0 spiro atoms. The van der Waals surface area contributed by atoms with Crippen LogP contribution in [0.5, 0.6) is 11.5 Å². The third-order valence-corrected chi connectivity index (χ3v) is 6.98. The minimum atomic E-state index is 0.0939. The van der Waals surface area contributed by atoms with E-state index in [1.807, 2.05) is 17.0 Å². The average molecular weight is 435 g/mol. The van der Waals surface area contributed by atoms with E-state index in [1.54, 1.807) is 0 Å². The van der Waals surface area contributed by atoms with Crippen molar-refractivity contribution in [2.75, 3.05) is 37.4 Å². The molecule has 0 aliphatic carbocycles. The molecule has 1 amide bonds. The molecule has 1 atom stereocenters. The summed E-state index contributed by atoms with van der Waals surface area (Å²) in [5.74, 6) is 2.10. The van der Waals surface area contributed by atoms with Gasteiger partial charge >= 0.3 is 0 Å². The van der Waals surface area contributed by atoms with Gasteiger partial charge in [0.1, 0.15) is 0 Å². The smallest absolute Gasteiger partial charge is 0.233 e. The third kappa shape index (κ3) is 4.95. The lowest BCUT2D eigenvalue weighted by Crippen LogP contribution is -2.32. The first-order valence-corrected chi connectivity index (χ1v) is 11.9. The lowest BCUT2D eigenvalue weighted by atomic mass is 10.0. The van der Waals surface area contributed by atoms with E-state index >= 15 is 0 Å². The maximum Gasteiger partial charge on any atom is 0.233 e. The molecule has 1 saturated heterocycles. The van der Waals surface area contributed by atoms with E-state index in [-0.39, 0.29) is 11.9 Å². The van der Waals surface area contributed by atoms with Crippen LogP contribution in [0.15, 0.2) is 22.5 Å². The Morgan fingerprint density at radius 2 is 2.14 bits per heavy atom. The van der Waals surface area contributed by atoms with Gasteiger partial charge in [0, 0.05) is 19.5 Å². The number of hydrogen-bond acceptors (Lipinski definition) is 8. The lowest BCUT2D eigenvalue weighted by molar-refractivity contribution is -0.129. The molecule has 0 unspecified atom stereocenters. The zero-order valence-corrected chi connectivity index (χ0v) is 18.2. The first-order valence-electron chi connectivity index (χ1n) is 10.1. The molecule has 0 bridgehead atoms. The summed E-state index contributed by atoms with van der Waals surface area (Å²) in [6.45, 7) is 5.12. The number of aromatic nitrogens is 2. The minimum absolute atomic E-state index is 0.0939. The fraction of sp³-hybridized carbons (Fsp3) is 0.550.